The van der Waals surface area contributed by atoms with E-state index >= 15 is 0 Å². The minimum atomic E-state index is -1.59. The molecule has 1 N–H and O–H groups in total. The first-order valence-corrected chi connectivity index (χ1v) is 5.54. The first-order valence-electron chi connectivity index (χ1n) is 4.75. The van der Waals surface area contributed by atoms with Crippen molar-refractivity contribution in [1.29, 1.82) is 0 Å². The average molecular weight is 295 g/mol. The predicted molar refractivity (Wildman–Crippen MR) is 60.1 cm³/mol. The molecule has 0 aromatic heterocycles. The summed E-state index contributed by atoms with van der Waals surface area (Å²) in [7, 11) is 1.46. The molecule has 16 heavy (non-hydrogen) atoms. The molecule has 0 bridgehead atoms. The zero-order valence-corrected chi connectivity index (χ0v) is 10.6. The first-order chi connectivity index (χ1) is 7.40. The third-order valence-electron chi connectivity index (χ3n) is 2.38. The maximum atomic E-state index is 13.7. The van der Waals surface area contributed by atoms with Crippen LogP contribution < -0.4 is 0 Å². The molecule has 1 aromatic rings. The standard InChI is InChI=1S/C11H13BrF2O2/c1-11(15,5-6-16-2)9-8(13)4-3-7(12)10(9)14/h3-4,15H,5-6H2,1-2H3. The summed E-state index contributed by atoms with van der Waals surface area (Å²) in [6.45, 7) is 1.58. The van der Waals surface area contributed by atoms with Gasteiger partial charge >= 0.3 is 0 Å². The highest BCUT2D eigenvalue weighted by atomic mass is 79.9. The number of halogens is 3. The molecule has 0 radical (unpaired) electrons. The van der Waals surface area contributed by atoms with Crippen molar-refractivity contribution in [2.45, 2.75) is 18.9 Å². The van der Waals surface area contributed by atoms with Crippen molar-refractivity contribution < 1.29 is 18.6 Å². The van der Waals surface area contributed by atoms with Gasteiger partial charge in [0.15, 0.2) is 0 Å². The highest BCUT2D eigenvalue weighted by Crippen LogP contribution is 2.32. The smallest absolute Gasteiger partial charge is 0.146 e. The van der Waals surface area contributed by atoms with Gasteiger partial charge in [0.2, 0.25) is 0 Å². The maximum absolute atomic E-state index is 13.7. The van der Waals surface area contributed by atoms with Crippen LogP contribution in [0.5, 0.6) is 0 Å². The van der Waals surface area contributed by atoms with Crippen LogP contribution in [-0.4, -0.2) is 18.8 Å². The fraction of sp³-hybridized carbons (Fsp3) is 0.455. The summed E-state index contributed by atoms with van der Waals surface area (Å²) < 4.78 is 32.1. The lowest BCUT2D eigenvalue weighted by atomic mass is 9.92. The summed E-state index contributed by atoms with van der Waals surface area (Å²) >= 11 is 2.96. The van der Waals surface area contributed by atoms with Gasteiger partial charge in [0.25, 0.3) is 0 Å². The molecule has 1 unspecified atom stereocenters. The van der Waals surface area contributed by atoms with Crippen LogP contribution in [-0.2, 0) is 10.3 Å². The van der Waals surface area contributed by atoms with Crippen LogP contribution in [0.25, 0.3) is 0 Å². The molecule has 0 saturated carbocycles. The molecule has 1 atom stereocenters. The molecule has 0 fully saturated rings. The minimum Gasteiger partial charge on any atom is -0.385 e. The number of aliphatic hydroxyl groups is 1. The van der Waals surface area contributed by atoms with E-state index in [9.17, 15) is 13.9 Å². The highest BCUT2D eigenvalue weighted by Gasteiger charge is 2.30. The second-order valence-electron chi connectivity index (χ2n) is 3.73. The predicted octanol–water partition coefficient (Wildman–Crippen LogP) is 2.97. The quantitative estimate of drug-likeness (QED) is 0.865. The molecule has 0 saturated heterocycles. The highest BCUT2D eigenvalue weighted by molar-refractivity contribution is 9.10. The molecule has 0 aliphatic carbocycles. The number of methoxy groups -OCH3 is 1. The normalized spacial score (nSPS) is 14.9. The molecule has 0 heterocycles. The molecular formula is C11H13BrF2O2. The summed E-state index contributed by atoms with van der Waals surface area (Å²) in [5.41, 5.74) is -1.92. The monoisotopic (exact) mass is 294 g/mol. The van der Waals surface area contributed by atoms with Crippen molar-refractivity contribution in [3.63, 3.8) is 0 Å². The summed E-state index contributed by atoms with van der Waals surface area (Å²) in [5.74, 6) is -1.54. The van der Waals surface area contributed by atoms with Gasteiger partial charge in [-0.3, -0.25) is 0 Å². The van der Waals surface area contributed by atoms with Gasteiger partial charge in [-0.05, 0) is 35.0 Å². The molecule has 0 aliphatic rings. The van der Waals surface area contributed by atoms with Crippen LogP contribution >= 0.6 is 15.9 Å². The van der Waals surface area contributed by atoms with Gasteiger partial charge in [-0.15, -0.1) is 0 Å². The van der Waals surface area contributed by atoms with Gasteiger partial charge < -0.3 is 9.84 Å². The van der Waals surface area contributed by atoms with Crippen molar-refractivity contribution in [2.75, 3.05) is 13.7 Å². The van der Waals surface area contributed by atoms with E-state index in [1.165, 1.54) is 20.1 Å². The Labute approximate surface area is 101 Å². The fourth-order valence-corrected chi connectivity index (χ4v) is 1.78. The Morgan fingerprint density at radius 3 is 2.62 bits per heavy atom. The second kappa shape index (κ2) is 5.21. The second-order valence-corrected chi connectivity index (χ2v) is 4.59. The maximum Gasteiger partial charge on any atom is 0.146 e. The Hall–Kier alpha value is -0.520. The van der Waals surface area contributed by atoms with E-state index < -0.39 is 17.2 Å². The average Bonchev–Trinajstić information content (AvgIpc) is 2.21. The molecule has 90 valence electrons. The minimum absolute atomic E-state index is 0.119. The summed E-state index contributed by atoms with van der Waals surface area (Å²) in [4.78, 5) is 0. The topological polar surface area (TPSA) is 29.5 Å². The van der Waals surface area contributed by atoms with Crippen molar-refractivity contribution >= 4 is 15.9 Å². The lowest BCUT2D eigenvalue weighted by Gasteiger charge is -2.24. The molecule has 0 spiro atoms. The Kier molecular flexibility index (Phi) is 4.41. The molecule has 1 aromatic carbocycles. The van der Waals surface area contributed by atoms with Crippen molar-refractivity contribution in [3.8, 4) is 0 Å². The van der Waals surface area contributed by atoms with Gasteiger partial charge in [0.05, 0.1) is 15.6 Å². The van der Waals surface area contributed by atoms with Crippen LogP contribution in [0.1, 0.15) is 18.9 Å². The summed E-state index contributed by atoms with van der Waals surface area (Å²) in [6.07, 6.45) is 0.119. The summed E-state index contributed by atoms with van der Waals surface area (Å²) in [6, 6.07) is 2.38. The van der Waals surface area contributed by atoms with Crippen molar-refractivity contribution in [1.82, 2.24) is 0 Å². The number of hydrogen-bond donors (Lipinski definition) is 1. The third kappa shape index (κ3) is 2.78. The Morgan fingerprint density at radius 2 is 2.06 bits per heavy atom. The molecule has 5 heteroatoms. The van der Waals surface area contributed by atoms with Crippen LogP contribution in [0.2, 0.25) is 0 Å². The van der Waals surface area contributed by atoms with Gasteiger partial charge in [-0.1, -0.05) is 0 Å². The Bertz CT molecular complexity index is 380. The Morgan fingerprint density at radius 1 is 1.44 bits per heavy atom. The lowest BCUT2D eigenvalue weighted by Crippen LogP contribution is -2.26. The molecule has 1 rings (SSSR count). The number of hydrogen-bond acceptors (Lipinski definition) is 2. The van der Waals surface area contributed by atoms with E-state index in [1.807, 2.05) is 0 Å². The zero-order chi connectivity index (χ0) is 12.3. The Balaban J connectivity index is 3.15. The van der Waals surface area contributed by atoms with Crippen LogP contribution in [0.15, 0.2) is 16.6 Å². The van der Waals surface area contributed by atoms with E-state index in [0.717, 1.165) is 6.07 Å². The van der Waals surface area contributed by atoms with Crippen molar-refractivity contribution in [3.05, 3.63) is 33.8 Å². The number of rotatable bonds is 4. The van der Waals surface area contributed by atoms with Crippen molar-refractivity contribution in [2.24, 2.45) is 0 Å². The zero-order valence-electron chi connectivity index (χ0n) is 9.06. The molecule has 2 nitrogen and oxygen atoms in total. The number of ether oxygens (including phenoxy) is 1. The van der Waals surface area contributed by atoms with Crippen LogP contribution in [0.3, 0.4) is 0 Å². The van der Waals surface area contributed by atoms with E-state index in [4.69, 9.17) is 4.74 Å². The lowest BCUT2D eigenvalue weighted by molar-refractivity contribution is 0.0149. The largest absolute Gasteiger partial charge is 0.385 e. The van der Waals surface area contributed by atoms with Crippen LogP contribution in [0, 0.1) is 11.6 Å². The molecule has 0 amide bonds. The van der Waals surface area contributed by atoms with E-state index in [0.29, 0.717) is 0 Å². The van der Waals surface area contributed by atoms with Gasteiger partial charge in [-0.2, -0.15) is 0 Å². The van der Waals surface area contributed by atoms with E-state index in [1.54, 1.807) is 0 Å². The number of benzene rings is 1. The first kappa shape index (κ1) is 13.5. The van der Waals surface area contributed by atoms with E-state index in [2.05, 4.69) is 15.9 Å². The summed E-state index contributed by atoms with van der Waals surface area (Å²) in [5, 5.41) is 10.0. The van der Waals surface area contributed by atoms with E-state index in [-0.39, 0.29) is 23.1 Å². The van der Waals surface area contributed by atoms with Gasteiger partial charge in [0, 0.05) is 20.1 Å². The fourth-order valence-electron chi connectivity index (χ4n) is 1.45. The third-order valence-corrected chi connectivity index (χ3v) is 2.99. The molecule has 0 aliphatic heterocycles. The SMILES string of the molecule is COCCC(C)(O)c1c(F)ccc(Br)c1F. The van der Waals surface area contributed by atoms with Crippen LogP contribution in [0.4, 0.5) is 8.78 Å². The van der Waals surface area contributed by atoms with Gasteiger partial charge in [0.1, 0.15) is 11.6 Å². The van der Waals surface area contributed by atoms with Gasteiger partial charge in [-0.25, -0.2) is 8.78 Å². The molecular weight excluding hydrogens is 282 g/mol.